The van der Waals surface area contributed by atoms with Crippen molar-refractivity contribution in [2.24, 2.45) is 0 Å². The number of nitrogens with one attached hydrogen (secondary N) is 1. The first-order valence-corrected chi connectivity index (χ1v) is 8.84. The fourth-order valence-electron chi connectivity index (χ4n) is 2.66. The standard InChI is InChI=1S/C18H18BrN3O3/c19-16-10-15(22(24)25)8-9-17(16)20-18(23)12-21(14-6-7-14)11-13-4-2-1-3-5-13/h1-5,8-10,14H,6-7,11-12H2,(H,20,23). The summed E-state index contributed by atoms with van der Waals surface area (Å²) in [6.07, 6.45) is 2.22. The van der Waals surface area contributed by atoms with Crippen molar-refractivity contribution in [2.75, 3.05) is 11.9 Å². The van der Waals surface area contributed by atoms with E-state index in [2.05, 4.69) is 38.3 Å². The van der Waals surface area contributed by atoms with Gasteiger partial charge >= 0.3 is 0 Å². The summed E-state index contributed by atoms with van der Waals surface area (Å²) in [6.45, 7) is 1.03. The van der Waals surface area contributed by atoms with E-state index in [1.165, 1.54) is 17.7 Å². The van der Waals surface area contributed by atoms with E-state index in [1.807, 2.05) is 18.2 Å². The molecular formula is C18H18BrN3O3. The van der Waals surface area contributed by atoms with Gasteiger partial charge < -0.3 is 5.32 Å². The van der Waals surface area contributed by atoms with Crippen LogP contribution < -0.4 is 5.32 Å². The number of nitro benzene ring substituents is 1. The van der Waals surface area contributed by atoms with Crippen LogP contribution in [-0.2, 0) is 11.3 Å². The maximum atomic E-state index is 12.4. The molecule has 6 nitrogen and oxygen atoms in total. The van der Waals surface area contributed by atoms with Crippen LogP contribution in [-0.4, -0.2) is 28.3 Å². The topological polar surface area (TPSA) is 75.5 Å². The Balaban J connectivity index is 1.63. The van der Waals surface area contributed by atoms with Crippen molar-refractivity contribution in [3.05, 3.63) is 68.7 Å². The van der Waals surface area contributed by atoms with Gasteiger partial charge in [0.25, 0.3) is 5.69 Å². The number of hydrogen-bond acceptors (Lipinski definition) is 4. The largest absolute Gasteiger partial charge is 0.324 e. The van der Waals surface area contributed by atoms with Crippen LogP contribution in [0, 0.1) is 10.1 Å². The van der Waals surface area contributed by atoms with Crippen LogP contribution in [0.4, 0.5) is 11.4 Å². The number of benzene rings is 2. The van der Waals surface area contributed by atoms with Crippen molar-refractivity contribution in [1.29, 1.82) is 0 Å². The van der Waals surface area contributed by atoms with Gasteiger partial charge in [-0.05, 0) is 40.4 Å². The molecule has 1 saturated carbocycles. The number of anilines is 1. The predicted octanol–water partition coefficient (Wildman–Crippen LogP) is 3.96. The molecule has 25 heavy (non-hydrogen) atoms. The van der Waals surface area contributed by atoms with Crippen LogP contribution in [0.15, 0.2) is 53.0 Å². The summed E-state index contributed by atoms with van der Waals surface area (Å²) in [7, 11) is 0. The maximum Gasteiger partial charge on any atom is 0.270 e. The van der Waals surface area contributed by atoms with Crippen LogP contribution in [0.1, 0.15) is 18.4 Å². The van der Waals surface area contributed by atoms with Crippen LogP contribution in [0.25, 0.3) is 0 Å². The van der Waals surface area contributed by atoms with Crippen LogP contribution in [0.3, 0.4) is 0 Å². The molecule has 2 aromatic rings. The number of carbonyl (C=O) groups excluding carboxylic acids is 1. The quantitative estimate of drug-likeness (QED) is 0.560. The number of amides is 1. The third-order valence-electron chi connectivity index (χ3n) is 4.08. The molecule has 0 unspecified atom stereocenters. The maximum absolute atomic E-state index is 12.4. The highest BCUT2D eigenvalue weighted by Gasteiger charge is 2.30. The lowest BCUT2D eigenvalue weighted by Gasteiger charge is -2.21. The van der Waals surface area contributed by atoms with Gasteiger partial charge in [0.15, 0.2) is 0 Å². The average molecular weight is 404 g/mol. The number of rotatable bonds is 7. The van der Waals surface area contributed by atoms with Gasteiger partial charge in [-0.2, -0.15) is 0 Å². The summed E-state index contributed by atoms with van der Waals surface area (Å²) < 4.78 is 0.496. The number of non-ortho nitro benzene ring substituents is 1. The fraction of sp³-hybridized carbons (Fsp3) is 0.278. The predicted molar refractivity (Wildman–Crippen MR) is 99.3 cm³/mol. The summed E-state index contributed by atoms with van der Waals surface area (Å²) in [4.78, 5) is 24.9. The molecule has 130 valence electrons. The highest BCUT2D eigenvalue weighted by molar-refractivity contribution is 9.10. The van der Waals surface area contributed by atoms with Crippen LogP contribution >= 0.6 is 15.9 Å². The number of hydrogen-bond donors (Lipinski definition) is 1. The number of nitro groups is 1. The highest BCUT2D eigenvalue weighted by atomic mass is 79.9. The zero-order valence-electron chi connectivity index (χ0n) is 13.5. The van der Waals surface area contributed by atoms with Crippen molar-refractivity contribution in [3.8, 4) is 0 Å². The third-order valence-corrected chi connectivity index (χ3v) is 4.73. The van der Waals surface area contributed by atoms with Gasteiger partial charge in [0, 0.05) is 29.2 Å². The second-order valence-corrected chi connectivity index (χ2v) is 6.95. The molecular weight excluding hydrogens is 386 g/mol. The Morgan fingerprint density at radius 1 is 1.24 bits per heavy atom. The minimum atomic E-state index is -0.467. The van der Waals surface area contributed by atoms with E-state index in [4.69, 9.17) is 0 Å². The minimum absolute atomic E-state index is 0.0199. The van der Waals surface area contributed by atoms with Gasteiger partial charge in [0.2, 0.25) is 5.91 Å². The Hall–Kier alpha value is -2.25. The summed E-state index contributed by atoms with van der Waals surface area (Å²) in [6, 6.07) is 14.8. The zero-order valence-corrected chi connectivity index (χ0v) is 15.1. The Bertz CT molecular complexity index is 778. The molecule has 0 aromatic heterocycles. The first kappa shape index (κ1) is 17.6. The molecule has 1 aliphatic rings. The Labute approximate surface area is 154 Å². The molecule has 0 atom stereocenters. The SMILES string of the molecule is O=C(CN(Cc1ccccc1)C1CC1)Nc1ccc([N+](=O)[O-])cc1Br. The summed E-state index contributed by atoms with van der Waals surface area (Å²) in [5.74, 6) is -0.127. The zero-order chi connectivity index (χ0) is 17.8. The second kappa shape index (κ2) is 7.76. The van der Waals surface area contributed by atoms with Gasteiger partial charge in [0.1, 0.15) is 0 Å². The lowest BCUT2D eigenvalue weighted by molar-refractivity contribution is -0.384. The van der Waals surface area contributed by atoms with Crippen molar-refractivity contribution >= 4 is 33.2 Å². The highest BCUT2D eigenvalue weighted by Crippen LogP contribution is 2.29. The Kier molecular flexibility index (Phi) is 5.45. The molecule has 0 aliphatic heterocycles. The summed E-state index contributed by atoms with van der Waals surface area (Å²) in [5.41, 5.74) is 1.69. The fourth-order valence-corrected chi connectivity index (χ4v) is 3.13. The van der Waals surface area contributed by atoms with Gasteiger partial charge in [-0.3, -0.25) is 19.8 Å². The van der Waals surface area contributed by atoms with E-state index < -0.39 is 4.92 Å². The minimum Gasteiger partial charge on any atom is -0.324 e. The van der Waals surface area contributed by atoms with Gasteiger partial charge in [-0.1, -0.05) is 30.3 Å². The Morgan fingerprint density at radius 3 is 2.56 bits per heavy atom. The first-order valence-electron chi connectivity index (χ1n) is 8.04. The van der Waals surface area contributed by atoms with Gasteiger partial charge in [-0.15, -0.1) is 0 Å². The molecule has 7 heteroatoms. The molecule has 1 aliphatic carbocycles. The van der Waals surface area contributed by atoms with E-state index in [0.717, 1.165) is 19.4 Å². The normalized spacial score (nSPS) is 13.7. The van der Waals surface area contributed by atoms with E-state index in [1.54, 1.807) is 6.07 Å². The van der Waals surface area contributed by atoms with Crippen LogP contribution in [0.2, 0.25) is 0 Å². The van der Waals surface area contributed by atoms with E-state index in [-0.39, 0.29) is 11.6 Å². The average Bonchev–Trinajstić information content (AvgIpc) is 3.42. The molecule has 2 aromatic carbocycles. The molecule has 0 saturated heterocycles. The smallest absolute Gasteiger partial charge is 0.270 e. The molecule has 0 radical (unpaired) electrons. The van der Waals surface area contributed by atoms with Gasteiger partial charge in [0.05, 0.1) is 17.2 Å². The third kappa shape index (κ3) is 4.87. The van der Waals surface area contributed by atoms with Crippen molar-refractivity contribution in [3.63, 3.8) is 0 Å². The van der Waals surface area contributed by atoms with Crippen molar-refractivity contribution in [1.82, 2.24) is 4.90 Å². The first-order chi connectivity index (χ1) is 12.0. The molecule has 1 amide bonds. The van der Waals surface area contributed by atoms with E-state index in [9.17, 15) is 14.9 Å². The van der Waals surface area contributed by atoms with E-state index >= 15 is 0 Å². The molecule has 0 bridgehead atoms. The lowest BCUT2D eigenvalue weighted by Crippen LogP contribution is -2.34. The molecule has 0 spiro atoms. The number of nitrogens with zero attached hydrogens (tertiary/aromatic N) is 2. The number of halogens is 1. The summed E-state index contributed by atoms with van der Waals surface area (Å²) in [5, 5.41) is 13.6. The van der Waals surface area contributed by atoms with Crippen LogP contribution in [0.5, 0.6) is 0 Å². The number of carbonyl (C=O) groups is 1. The summed E-state index contributed by atoms with van der Waals surface area (Å²) >= 11 is 3.27. The molecule has 1 N–H and O–H groups in total. The van der Waals surface area contributed by atoms with Gasteiger partial charge in [-0.25, -0.2) is 0 Å². The molecule has 0 heterocycles. The lowest BCUT2D eigenvalue weighted by atomic mass is 10.2. The van der Waals surface area contributed by atoms with E-state index in [0.29, 0.717) is 22.7 Å². The van der Waals surface area contributed by atoms with Crippen molar-refractivity contribution in [2.45, 2.75) is 25.4 Å². The monoisotopic (exact) mass is 403 g/mol. The second-order valence-electron chi connectivity index (χ2n) is 6.09. The molecule has 1 fully saturated rings. The van der Waals surface area contributed by atoms with Crippen molar-refractivity contribution < 1.29 is 9.72 Å². The molecule has 3 rings (SSSR count). The Morgan fingerprint density at radius 2 is 1.96 bits per heavy atom.